The van der Waals surface area contributed by atoms with E-state index in [0.717, 1.165) is 32.2 Å². The number of rotatable bonds is 9. The predicted octanol–water partition coefficient (Wildman–Crippen LogP) is 2.93. The van der Waals surface area contributed by atoms with E-state index in [1.54, 1.807) is 6.07 Å². The van der Waals surface area contributed by atoms with Gasteiger partial charge in [-0.2, -0.15) is 0 Å². The Hall–Kier alpha value is -2.99. The molecule has 3 aromatic rings. The Labute approximate surface area is 170 Å². The van der Waals surface area contributed by atoms with Gasteiger partial charge in [-0.05, 0) is 50.5 Å². The minimum Gasteiger partial charge on any atom is -0.358 e. The highest BCUT2D eigenvalue weighted by Crippen LogP contribution is 2.21. The summed E-state index contributed by atoms with van der Waals surface area (Å²) in [5, 5.41) is 0.553. The van der Waals surface area contributed by atoms with Crippen molar-refractivity contribution in [1.82, 2.24) is 14.9 Å². The number of hydrogen-bond acceptors (Lipinski definition) is 3. The van der Waals surface area contributed by atoms with Crippen LogP contribution in [0.15, 0.2) is 59.4 Å². The molecule has 0 fully saturated rings. The summed E-state index contributed by atoms with van der Waals surface area (Å²) < 4.78 is 0. The largest absolute Gasteiger partial charge is 0.358 e. The van der Waals surface area contributed by atoms with Crippen molar-refractivity contribution in [2.75, 3.05) is 13.1 Å². The molecule has 0 aliphatic heterocycles. The Bertz CT molecular complexity index is 1000. The van der Waals surface area contributed by atoms with Gasteiger partial charge in [-0.3, -0.25) is 9.59 Å². The van der Waals surface area contributed by atoms with Crippen LogP contribution in [0.3, 0.4) is 0 Å². The summed E-state index contributed by atoms with van der Waals surface area (Å²) in [6.45, 7) is 3.47. The van der Waals surface area contributed by atoms with Gasteiger partial charge in [0.05, 0.1) is 23.5 Å². The first-order chi connectivity index (χ1) is 14.1. The van der Waals surface area contributed by atoms with E-state index in [4.69, 9.17) is 0 Å². The number of benzene rings is 2. The van der Waals surface area contributed by atoms with E-state index in [1.807, 2.05) is 60.4 Å². The maximum atomic E-state index is 13.2. The summed E-state index contributed by atoms with van der Waals surface area (Å²) in [6.07, 6.45) is 4.15. The first-order valence-electron chi connectivity index (χ1n) is 10.3. The molecule has 29 heavy (non-hydrogen) atoms. The van der Waals surface area contributed by atoms with Crippen LogP contribution >= 0.6 is 0 Å². The van der Waals surface area contributed by atoms with Crippen molar-refractivity contribution in [2.24, 2.45) is 0 Å². The van der Waals surface area contributed by atoms with Gasteiger partial charge >= 0.3 is 0 Å². The van der Waals surface area contributed by atoms with E-state index in [2.05, 4.69) is 15.7 Å². The van der Waals surface area contributed by atoms with Gasteiger partial charge in [0.25, 0.3) is 11.5 Å². The lowest BCUT2D eigenvalue weighted by Gasteiger charge is -2.29. The van der Waals surface area contributed by atoms with Gasteiger partial charge in [-0.15, -0.1) is 0 Å². The zero-order valence-electron chi connectivity index (χ0n) is 16.9. The summed E-state index contributed by atoms with van der Waals surface area (Å²) in [7, 11) is 0. The number of H-pyrrole nitrogens is 1. The second-order valence-corrected chi connectivity index (χ2v) is 7.28. The molecule has 0 unspecified atom stereocenters. The fraction of sp³-hybridized carbons (Fsp3) is 0.348. The monoisotopic (exact) mass is 393 g/mol. The predicted molar refractivity (Wildman–Crippen MR) is 114 cm³/mol. The number of unbranched alkanes of at least 4 members (excludes halogenated alkanes) is 3. The zero-order chi connectivity index (χ0) is 20.6. The Balaban J connectivity index is 1.88. The van der Waals surface area contributed by atoms with Crippen LogP contribution in [-0.4, -0.2) is 33.9 Å². The van der Waals surface area contributed by atoms with Gasteiger partial charge in [0, 0.05) is 12.1 Å². The molecule has 0 saturated heterocycles. The summed E-state index contributed by atoms with van der Waals surface area (Å²) in [5.74, 6) is 0.460. The van der Waals surface area contributed by atoms with Gasteiger partial charge in [-0.1, -0.05) is 36.8 Å². The second-order valence-electron chi connectivity index (χ2n) is 7.28. The SMILES string of the molecule is C[C@H](c1nc2ccccc2c(=O)[nH]1)N(CCCCCC[NH3+])C(=O)c1ccccc1. The molecule has 3 rings (SSSR count). The number of quaternary nitrogens is 1. The summed E-state index contributed by atoms with van der Waals surface area (Å²) in [6, 6.07) is 16.2. The molecule has 1 atom stereocenters. The molecule has 1 heterocycles. The number of nitrogens with one attached hydrogen (secondary N) is 1. The lowest BCUT2D eigenvalue weighted by Crippen LogP contribution is -2.50. The molecule has 0 bridgehead atoms. The number of hydrogen-bond donors (Lipinski definition) is 2. The van der Waals surface area contributed by atoms with Crippen molar-refractivity contribution in [3.05, 3.63) is 76.3 Å². The molecule has 1 aromatic heterocycles. The standard InChI is InChI=1S/C23H28N4O2/c1-17(21-25-20-14-8-7-13-19(20)22(28)26-21)27(16-10-3-2-9-15-24)23(29)18-11-5-4-6-12-18/h4-8,11-14,17H,2-3,9-10,15-16,24H2,1H3,(H,25,26,28)/p+1/t17-/m1/s1. The Morgan fingerprint density at radius 3 is 2.48 bits per heavy atom. The Morgan fingerprint density at radius 1 is 1.03 bits per heavy atom. The Morgan fingerprint density at radius 2 is 1.72 bits per heavy atom. The quantitative estimate of drug-likeness (QED) is 0.547. The number of carbonyl (C=O) groups is 1. The number of amides is 1. The molecule has 152 valence electrons. The van der Waals surface area contributed by atoms with E-state index in [1.165, 1.54) is 0 Å². The lowest BCUT2D eigenvalue weighted by molar-refractivity contribution is -0.368. The van der Waals surface area contributed by atoms with Gasteiger partial charge < -0.3 is 15.6 Å². The van der Waals surface area contributed by atoms with Crippen LogP contribution in [-0.2, 0) is 0 Å². The topological polar surface area (TPSA) is 93.7 Å². The van der Waals surface area contributed by atoms with Crippen molar-refractivity contribution in [2.45, 2.75) is 38.6 Å². The summed E-state index contributed by atoms with van der Waals surface area (Å²) in [5.41, 5.74) is 4.98. The first kappa shape index (κ1) is 20.7. The van der Waals surface area contributed by atoms with Crippen LogP contribution < -0.4 is 11.3 Å². The number of para-hydroxylation sites is 1. The number of carbonyl (C=O) groups excluding carboxylic acids is 1. The number of aromatic nitrogens is 2. The van der Waals surface area contributed by atoms with Gasteiger partial charge in [0.1, 0.15) is 5.82 Å². The minimum atomic E-state index is -0.340. The maximum absolute atomic E-state index is 13.2. The molecular weight excluding hydrogens is 364 g/mol. The molecule has 0 saturated carbocycles. The van der Waals surface area contributed by atoms with Crippen LogP contribution in [0.4, 0.5) is 0 Å². The minimum absolute atomic E-state index is 0.0499. The van der Waals surface area contributed by atoms with Crippen LogP contribution in [0.5, 0.6) is 0 Å². The molecule has 6 heteroatoms. The molecule has 1 amide bonds. The third kappa shape index (κ3) is 5.09. The summed E-state index contributed by atoms with van der Waals surface area (Å²) in [4.78, 5) is 35.0. The molecule has 0 spiro atoms. The van der Waals surface area contributed by atoms with E-state index < -0.39 is 0 Å². The van der Waals surface area contributed by atoms with E-state index in [9.17, 15) is 9.59 Å². The van der Waals surface area contributed by atoms with Crippen molar-refractivity contribution in [3.63, 3.8) is 0 Å². The fourth-order valence-electron chi connectivity index (χ4n) is 3.48. The van der Waals surface area contributed by atoms with E-state index in [-0.39, 0.29) is 17.5 Å². The molecular formula is C23H29N4O2+. The molecule has 0 aliphatic carbocycles. The second kappa shape index (κ2) is 9.98. The number of aromatic amines is 1. The summed E-state index contributed by atoms with van der Waals surface area (Å²) >= 11 is 0. The zero-order valence-corrected chi connectivity index (χ0v) is 16.9. The fourth-order valence-corrected chi connectivity index (χ4v) is 3.48. The highest BCUT2D eigenvalue weighted by Gasteiger charge is 2.24. The van der Waals surface area contributed by atoms with Crippen LogP contribution in [0, 0.1) is 0 Å². The third-order valence-electron chi connectivity index (χ3n) is 5.18. The number of nitrogens with zero attached hydrogens (tertiary/aromatic N) is 2. The lowest BCUT2D eigenvalue weighted by atomic mass is 10.1. The Kier molecular flexibility index (Phi) is 7.14. The van der Waals surface area contributed by atoms with Crippen LogP contribution in [0.2, 0.25) is 0 Å². The van der Waals surface area contributed by atoms with E-state index in [0.29, 0.717) is 28.8 Å². The number of fused-ring (bicyclic) bond motifs is 1. The third-order valence-corrected chi connectivity index (χ3v) is 5.18. The highest BCUT2D eigenvalue weighted by molar-refractivity contribution is 5.94. The molecule has 0 aliphatic rings. The normalized spacial score (nSPS) is 12.1. The van der Waals surface area contributed by atoms with Gasteiger partial charge in [-0.25, -0.2) is 4.98 Å². The molecule has 6 nitrogen and oxygen atoms in total. The average molecular weight is 394 g/mol. The van der Waals surface area contributed by atoms with Crippen LogP contribution in [0.25, 0.3) is 10.9 Å². The van der Waals surface area contributed by atoms with Crippen LogP contribution in [0.1, 0.15) is 54.8 Å². The van der Waals surface area contributed by atoms with Crippen molar-refractivity contribution in [3.8, 4) is 0 Å². The molecule has 0 radical (unpaired) electrons. The van der Waals surface area contributed by atoms with Crippen molar-refractivity contribution in [1.29, 1.82) is 0 Å². The van der Waals surface area contributed by atoms with Gasteiger partial charge in [0.2, 0.25) is 0 Å². The highest BCUT2D eigenvalue weighted by atomic mass is 16.2. The first-order valence-corrected chi connectivity index (χ1v) is 10.3. The maximum Gasteiger partial charge on any atom is 0.258 e. The smallest absolute Gasteiger partial charge is 0.258 e. The average Bonchev–Trinajstić information content (AvgIpc) is 2.76. The van der Waals surface area contributed by atoms with E-state index >= 15 is 0 Å². The van der Waals surface area contributed by atoms with Crippen molar-refractivity contribution < 1.29 is 10.5 Å². The molecule has 2 aromatic carbocycles. The van der Waals surface area contributed by atoms with Gasteiger partial charge in [0.15, 0.2) is 0 Å². The van der Waals surface area contributed by atoms with Crippen molar-refractivity contribution >= 4 is 16.8 Å². The molecule has 4 N–H and O–H groups in total.